The first-order valence-electron chi connectivity index (χ1n) is 4.04. The summed E-state index contributed by atoms with van der Waals surface area (Å²) in [7, 11) is 2.11. The molecule has 7 nitrogen and oxygen atoms in total. The lowest BCUT2D eigenvalue weighted by atomic mass is 10.2. The van der Waals surface area contributed by atoms with Gasteiger partial charge in [-0.2, -0.15) is 0 Å². The molecule has 0 saturated heterocycles. The van der Waals surface area contributed by atoms with Crippen molar-refractivity contribution in [3.05, 3.63) is 27.8 Å². The molecule has 0 unspecified atom stereocenters. The van der Waals surface area contributed by atoms with Gasteiger partial charge in [-0.25, -0.2) is 9.59 Å². The molecule has 1 N–H and O–H groups in total. The van der Waals surface area contributed by atoms with Crippen LogP contribution in [0.3, 0.4) is 0 Å². The molecule has 1 aromatic heterocycles. The van der Waals surface area contributed by atoms with Crippen LogP contribution in [0.5, 0.6) is 5.75 Å². The number of carbonyl (C=O) groups excluding carboxylic acids is 2. The second kappa shape index (κ2) is 4.47. The van der Waals surface area contributed by atoms with E-state index in [4.69, 9.17) is 0 Å². The molecule has 86 valence electrons. The van der Waals surface area contributed by atoms with E-state index in [1.54, 1.807) is 0 Å². The van der Waals surface area contributed by atoms with E-state index in [1.165, 1.54) is 0 Å². The normalized spacial score (nSPS) is 9.62. The van der Waals surface area contributed by atoms with Crippen molar-refractivity contribution in [1.82, 2.24) is 0 Å². The highest BCUT2D eigenvalue weighted by Gasteiger charge is 2.23. The van der Waals surface area contributed by atoms with Crippen LogP contribution in [-0.4, -0.2) is 31.3 Å². The molecular formula is C9H8O7. The van der Waals surface area contributed by atoms with Gasteiger partial charge in [-0.15, -0.1) is 0 Å². The van der Waals surface area contributed by atoms with E-state index in [9.17, 15) is 19.5 Å². The minimum atomic E-state index is -1.06. The molecule has 0 amide bonds. The third kappa shape index (κ3) is 1.88. The van der Waals surface area contributed by atoms with Gasteiger partial charge in [0.05, 0.1) is 14.2 Å². The van der Waals surface area contributed by atoms with Crippen molar-refractivity contribution in [2.45, 2.75) is 0 Å². The van der Waals surface area contributed by atoms with E-state index in [0.717, 1.165) is 20.5 Å². The van der Waals surface area contributed by atoms with Crippen LogP contribution in [0.15, 0.2) is 15.5 Å². The van der Waals surface area contributed by atoms with E-state index in [1.807, 2.05) is 0 Å². The SMILES string of the molecule is COC(=O)c1occ(C(=O)OC)c(=O)c1O. The van der Waals surface area contributed by atoms with E-state index in [0.29, 0.717) is 0 Å². The van der Waals surface area contributed by atoms with Crippen molar-refractivity contribution >= 4 is 11.9 Å². The summed E-state index contributed by atoms with van der Waals surface area (Å²) < 4.78 is 13.1. The summed E-state index contributed by atoms with van der Waals surface area (Å²) in [6.45, 7) is 0. The minimum Gasteiger partial charge on any atom is -0.501 e. The minimum absolute atomic E-state index is 0.507. The van der Waals surface area contributed by atoms with Crippen LogP contribution in [-0.2, 0) is 9.47 Å². The molecule has 0 aliphatic carbocycles. The Morgan fingerprint density at radius 2 is 1.81 bits per heavy atom. The van der Waals surface area contributed by atoms with Gasteiger partial charge in [-0.1, -0.05) is 0 Å². The number of esters is 2. The molecule has 0 aromatic carbocycles. The lowest BCUT2D eigenvalue weighted by Gasteiger charge is -2.02. The maximum atomic E-state index is 11.4. The number of rotatable bonds is 2. The highest BCUT2D eigenvalue weighted by molar-refractivity contribution is 5.92. The average Bonchev–Trinajstić information content (AvgIpc) is 2.30. The van der Waals surface area contributed by atoms with E-state index in [2.05, 4.69) is 13.9 Å². The Labute approximate surface area is 89.2 Å². The van der Waals surface area contributed by atoms with Crippen LogP contribution < -0.4 is 5.43 Å². The van der Waals surface area contributed by atoms with Gasteiger partial charge in [-0.05, 0) is 0 Å². The first kappa shape index (κ1) is 11.8. The number of hydrogen-bond donors (Lipinski definition) is 1. The summed E-state index contributed by atoms with van der Waals surface area (Å²) in [5.41, 5.74) is -1.56. The Balaban J connectivity index is 3.35. The van der Waals surface area contributed by atoms with E-state index >= 15 is 0 Å². The van der Waals surface area contributed by atoms with Gasteiger partial charge in [0.25, 0.3) is 5.76 Å². The van der Waals surface area contributed by atoms with Crippen molar-refractivity contribution in [3.8, 4) is 5.75 Å². The number of methoxy groups -OCH3 is 2. The van der Waals surface area contributed by atoms with Crippen LogP contribution in [0.4, 0.5) is 0 Å². The molecule has 0 aliphatic rings. The Hall–Kier alpha value is -2.31. The molecule has 1 rings (SSSR count). The smallest absolute Gasteiger partial charge is 0.378 e. The zero-order chi connectivity index (χ0) is 12.3. The molecule has 7 heteroatoms. The van der Waals surface area contributed by atoms with Crippen molar-refractivity contribution < 1.29 is 28.6 Å². The maximum Gasteiger partial charge on any atom is 0.378 e. The third-order valence-corrected chi connectivity index (χ3v) is 1.75. The predicted octanol–water partition coefficient (Wildman–Crippen LogP) is -0.0814. The molecule has 16 heavy (non-hydrogen) atoms. The number of hydrogen-bond acceptors (Lipinski definition) is 7. The fraction of sp³-hybridized carbons (Fsp3) is 0.222. The summed E-state index contributed by atoms with van der Waals surface area (Å²) >= 11 is 0. The number of aromatic hydroxyl groups is 1. The highest BCUT2D eigenvalue weighted by Crippen LogP contribution is 2.14. The molecule has 0 fully saturated rings. The molecule has 0 atom stereocenters. The molecule has 0 spiro atoms. The van der Waals surface area contributed by atoms with Crippen LogP contribution in [0.25, 0.3) is 0 Å². The predicted molar refractivity (Wildman–Crippen MR) is 49.3 cm³/mol. The fourth-order valence-corrected chi connectivity index (χ4v) is 0.946. The molecule has 1 aromatic rings. The van der Waals surface area contributed by atoms with Gasteiger partial charge in [0.1, 0.15) is 11.8 Å². The Morgan fingerprint density at radius 3 is 2.31 bits per heavy atom. The largest absolute Gasteiger partial charge is 0.501 e. The van der Waals surface area contributed by atoms with Crippen molar-refractivity contribution in [1.29, 1.82) is 0 Å². The standard InChI is InChI=1S/C9H8O7/c1-14-8(12)4-3-16-7(9(13)15-2)6(11)5(4)10/h3,11H,1-2H3. The second-order valence-corrected chi connectivity index (χ2v) is 2.64. The average molecular weight is 228 g/mol. The zero-order valence-corrected chi connectivity index (χ0v) is 8.47. The summed E-state index contributed by atoms with van der Waals surface area (Å²) in [6.07, 6.45) is 0.722. The number of ether oxygens (including phenoxy) is 2. The Bertz CT molecular complexity index is 485. The van der Waals surface area contributed by atoms with Gasteiger partial charge < -0.3 is 19.0 Å². The van der Waals surface area contributed by atoms with Crippen LogP contribution >= 0.6 is 0 Å². The fourth-order valence-electron chi connectivity index (χ4n) is 0.946. The lowest BCUT2D eigenvalue weighted by Crippen LogP contribution is -2.18. The first-order chi connectivity index (χ1) is 7.52. The van der Waals surface area contributed by atoms with E-state index in [-0.39, 0.29) is 0 Å². The topological polar surface area (TPSA) is 103 Å². The molecule has 0 radical (unpaired) electrons. The van der Waals surface area contributed by atoms with Crippen molar-refractivity contribution in [3.63, 3.8) is 0 Å². The highest BCUT2D eigenvalue weighted by atomic mass is 16.5. The van der Waals surface area contributed by atoms with Crippen LogP contribution in [0.1, 0.15) is 20.9 Å². The van der Waals surface area contributed by atoms with Gasteiger partial charge in [-0.3, -0.25) is 4.79 Å². The van der Waals surface area contributed by atoms with Crippen LogP contribution in [0.2, 0.25) is 0 Å². The Morgan fingerprint density at radius 1 is 1.25 bits per heavy atom. The summed E-state index contributed by atoms with van der Waals surface area (Å²) in [5.74, 6) is -3.65. The summed E-state index contributed by atoms with van der Waals surface area (Å²) in [6, 6.07) is 0. The molecule has 0 saturated carbocycles. The molecule has 0 bridgehead atoms. The van der Waals surface area contributed by atoms with Crippen LogP contribution in [0, 0.1) is 0 Å². The molecular weight excluding hydrogens is 220 g/mol. The summed E-state index contributed by atoms with van der Waals surface area (Å²) in [5, 5.41) is 9.31. The van der Waals surface area contributed by atoms with Gasteiger partial charge in [0.15, 0.2) is 0 Å². The van der Waals surface area contributed by atoms with E-state index < -0.39 is 34.4 Å². The second-order valence-electron chi connectivity index (χ2n) is 2.64. The van der Waals surface area contributed by atoms with Crippen molar-refractivity contribution in [2.75, 3.05) is 14.2 Å². The van der Waals surface area contributed by atoms with Gasteiger partial charge in [0.2, 0.25) is 11.2 Å². The zero-order valence-electron chi connectivity index (χ0n) is 8.47. The maximum absolute atomic E-state index is 11.4. The summed E-state index contributed by atoms with van der Waals surface area (Å²) in [4.78, 5) is 33.4. The molecule has 1 heterocycles. The number of carbonyl (C=O) groups is 2. The molecule has 0 aliphatic heterocycles. The monoisotopic (exact) mass is 228 g/mol. The third-order valence-electron chi connectivity index (χ3n) is 1.75. The van der Waals surface area contributed by atoms with Gasteiger partial charge in [0, 0.05) is 0 Å². The van der Waals surface area contributed by atoms with Gasteiger partial charge >= 0.3 is 11.9 Å². The lowest BCUT2D eigenvalue weighted by molar-refractivity contribution is 0.0542. The first-order valence-corrected chi connectivity index (χ1v) is 4.04. The Kier molecular flexibility index (Phi) is 3.29. The van der Waals surface area contributed by atoms with Crippen molar-refractivity contribution in [2.24, 2.45) is 0 Å². The quantitative estimate of drug-likeness (QED) is 0.706.